The summed E-state index contributed by atoms with van der Waals surface area (Å²) in [6, 6.07) is 5.88. The highest BCUT2D eigenvalue weighted by Crippen LogP contribution is 2.38. The molecule has 1 aliphatic carbocycles. The summed E-state index contributed by atoms with van der Waals surface area (Å²) in [5.41, 5.74) is 16.2. The first-order valence-corrected chi connectivity index (χ1v) is 9.74. The Labute approximate surface area is 161 Å². The zero-order chi connectivity index (χ0) is 19.2. The van der Waals surface area contributed by atoms with Crippen LogP contribution in [0.25, 0.3) is 5.57 Å². The Morgan fingerprint density at radius 2 is 1.78 bits per heavy atom. The molecular formula is C21H30N6. The second-order valence-corrected chi connectivity index (χ2v) is 7.43. The number of aromatic nitrogens is 1. The number of rotatable bonds is 4. The molecule has 3 rings (SSSR count). The van der Waals surface area contributed by atoms with Gasteiger partial charge in [0.05, 0.1) is 17.1 Å². The third-order valence-electron chi connectivity index (χ3n) is 5.72. The molecule has 6 N–H and O–H groups in total. The number of aliphatic imine (C=N–C) groups is 1. The second kappa shape index (κ2) is 9.06. The fourth-order valence-corrected chi connectivity index (χ4v) is 4.09. The Kier molecular flexibility index (Phi) is 6.53. The van der Waals surface area contributed by atoms with Gasteiger partial charge in [0.15, 0.2) is 0 Å². The van der Waals surface area contributed by atoms with Crippen LogP contribution in [0, 0.1) is 11.8 Å². The average Bonchev–Trinajstić information content (AvgIpc) is 2.71. The van der Waals surface area contributed by atoms with Crippen LogP contribution < -0.4 is 17.3 Å². The van der Waals surface area contributed by atoms with Crippen molar-refractivity contribution in [1.82, 2.24) is 4.98 Å². The molecule has 1 aliphatic heterocycles. The summed E-state index contributed by atoms with van der Waals surface area (Å²) in [4.78, 5) is 9.06. The summed E-state index contributed by atoms with van der Waals surface area (Å²) in [6.07, 6.45) is 11.2. The van der Waals surface area contributed by atoms with Crippen LogP contribution in [0.4, 0.5) is 0 Å². The van der Waals surface area contributed by atoms with Gasteiger partial charge >= 0.3 is 0 Å². The van der Waals surface area contributed by atoms with Gasteiger partial charge in [-0.2, -0.15) is 5.10 Å². The minimum atomic E-state index is -0.0144. The highest BCUT2D eigenvalue weighted by molar-refractivity contribution is 6.03. The summed E-state index contributed by atoms with van der Waals surface area (Å²) >= 11 is 0. The molecule has 0 bridgehead atoms. The van der Waals surface area contributed by atoms with Gasteiger partial charge < -0.3 is 17.3 Å². The Balaban J connectivity index is 1.95. The summed E-state index contributed by atoms with van der Waals surface area (Å²) in [5, 5.41) is 4.18. The van der Waals surface area contributed by atoms with Gasteiger partial charge in [-0.15, -0.1) is 0 Å². The number of nitrogens with zero attached hydrogens (tertiary/aromatic N) is 3. The first-order valence-electron chi connectivity index (χ1n) is 9.74. The maximum atomic E-state index is 6.29. The van der Waals surface area contributed by atoms with Crippen molar-refractivity contribution < 1.29 is 0 Å². The van der Waals surface area contributed by atoms with Crippen molar-refractivity contribution in [3.63, 3.8) is 0 Å². The van der Waals surface area contributed by atoms with E-state index in [1.54, 1.807) is 6.20 Å². The van der Waals surface area contributed by atoms with E-state index in [2.05, 4.69) is 27.7 Å². The molecule has 0 radical (unpaired) electrons. The number of hydrogen-bond donors (Lipinski definition) is 3. The fourth-order valence-electron chi connectivity index (χ4n) is 4.09. The van der Waals surface area contributed by atoms with Crippen molar-refractivity contribution in [2.24, 2.45) is 39.2 Å². The van der Waals surface area contributed by atoms with Crippen molar-refractivity contribution in [3.05, 3.63) is 48.4 Å². The van der Waals surface area contributed by atoms with E-state index in [0.717, 1.165) is 61.2 Å². The molecule has 144 valence electrons. The highest BCUT2D eigenvalue weighted by atomic mass is 15.1. The smallest absolute Gasteiger partial charge is 0.0889 e. The van der Waals surface area contributed by atoms with Crippen LogP contribution in [0.1, 0.15) is 44.2 Å². The van der Waals surface area contributed by atoms with E-state index in [1.807, 2.05) is 24.4 Å². The first kappa shape index (κ1) is 19.5. The number of allylic oxidation sites excluding steroid dienone is 3. The van der Waals surface area contributed by atoms with Crippen LogP contribution in [0.5, 0.6) is 0 Å². The fraction of sp³-hybridized carbons (Fsp3) is 0.476. The molecule has 6 heteroatoms. The average molecular weight is 367 g/mol. The second-order valence-electron chi connectivity index (χ2n) is 7.43. The summed E-state index contributed by atoms with van der Waals surface area (Å²) < 4.78 is 0. The SMILES string of the molecule is C=C(c1ccccn1)C1CCC(N)C(N)CCC1/C(=N\N)C1=CCCC=N1. The third kappa shape index (κ3) is 4.51. The lowest BCUT2D eigenvalue weighted by molar-refractivity contribution is 0.333. The monoisotopic (exact) mass is 366 g/mol. The Hall–Kier alpha value is -2.31. The lowest BCUT2D eigenvalue weighted by Crippen LogP contribution is -2.44. The molecule has 4 unspecified atom stereocenters. The lowest BCUT2D eigenvalue weighted by Gasteiger charge is -2.35. The molecule has 27 heavy (non-hydrogen) atoms. The van der Waals surface area contributed by atoms with E-state index < -0.39 is 0 Å². The van der Waals surface area contributed by atoms with Crippen LogP contribution in [-0.4, -0.2) is 29.0 Å². The van der Waals surface area contributed by atoms with Crippen LogP contribution in [0.15, 0.2) is 52.8 Å². The molecule has 6 nitrogen and oxygen atoms in total. The molecular weight excluding hydrogens is 336 g/mol. The molecule has 1 fully saturated rings. The Bertz CT molecular complexity index is 736. The maximum absolute atomic E-state index is 6.29. The number of hydrogen-bond acceptors (Lipinski definition) is 6. The standard InChI is InChI=1S/C21H30N6/c1-14(19-6-2-4-12-25-19)15-8-10-17(22)18(23)11-9-16(15)21(27-24)20-7-3-5-13-26-20/h2,4,6-7,12-13,15-18H,1,3,5,8-11,22-24H2/b27-21+. The molecule has 1 aromatic heterocycles. The van der Waals surface area contributed by atoms with Gasteiger partial charge in [-0.25, -0.2) is 0 Å². The summed E-state index contributed by atoms with van der Waals surface area (Å²) in [7, 11) is 0. The zero-order valence-corrected chi connectivity index (χ0v) is 15.8. The van der Waals surface area contributed by atoms with Crippen molar-refractivity contribution >= 4 is 17.5 Å². The Morgan fingerprint density at radius 3 is 2.37 bits per heavy atom. The quantitative estimate of drug-likeness (QED) is 0.431. The van der Waals surface area contributed by atoms with Gasteiger partial charge in [-0.3, -0.25) is 9.98 Å². The van der Waals surface area contributed by atoms with E-state index in [9.17, 15) is 0 Å². The predicted octanol–water partition coefficient (Wildman–Crippen LogP) is 2.62. The first-order chi connectivity index (χ1) is 13.1. The predicted molar refractivity (Wildman–Crippen MR) is 112 cm³/mol. The van der Waals surface area contributed by atoms with Gasteiger partial charge in [-0.05, 0) is 62.1 Å². The molecule has 1 aromatic rings. The van der Waals surface area contributed by atoms with E-state index in [0.29, 0.717) is 0 Å². The van der Waals surface area contributed by atoms with Crippen LogP contribution in [-0.2, 0) is 0 Å². The van der Waals surface area contributed by atoms with E-state index >= 15 is 0 Å². The normalized spacial score (nSPS) is 29.6. The topological polar surface area (TPSA) is 116 Å². The van der Waals surface area contributed by atoms with Gasteiger partial charge in [0, 0.05) is 30.4 Å². The van der Waals surface area contributed by atoms with E-state index in [1.165, 1.54) is 0 Å². The third-order valence-corrected chi connectivity index (χ3v) is 5.72. The summed E-state index contributed by atoms with van der Waals surface area (Å²) in [6.45, 7) is 4.39. The molecule has 0 saturated heterocycles. The van der Waals surface area contributed by atoms with Crippen LogP contribution in [0.3, 0.4) is 0 Å². The number of pyridine rings is 1. The Morgan fingerprint density at radius 1 is 1.04 bits per heavy atom. The summed E-state index contributed by atoms with van der Waals surface area (Å²) in [5.74, 6) is 6.11. The maximum Gasteiger partial charge on any atom is 0.0889 e. The van der Waals surface area contributed by atoms with Crippen LogP contribution in [0.2, 0.25) is 0 Å². The van der Waals surface area contributed by atoms with Crippen molar-refractivity contribution in [3.8, 4) is 0 Å². The number of hydrazone groups is 1. The van der Waals surface area contributed by atoms with E-state index in [-0.39, 0.29) is 23.9 Å². The highest BCUT2D eigenvalue weighted by Gasteiger charge is 2.34. The number of nitrogens with two attached hydrogens (primary N) is 3. The molecule has 4 atom stereocenters. The minimum absolute atomic E-state index is 0.00448. The van der Waals surface area contributed by atoms with Crippen molar-refractivity contribution in [2.45, 2.75) is 50.6 Å². The van der Waals surface area contributed by atoms with Gasteiger partial charge in [0.1, 0.15) is 0 Å². The van der Waals surface area contributed by atoms with E-state index in [4.69, 9.17) is 17.3 Å². The molecule has 2 aliphatic rings. The zero-order valence-electron chi connectivity index (χ0n) is 15.8. The van der Waals surface area contributed by atoms with Crippen LogP contribution >= 0.6 is 0 Å². The minimum Gasteiger partial charge on any atom is -0.326 e. The van der Waals surface area contributed by atoms with Crippen molar-refractivity contribution in [1.29, 1.82) is 0 Å². The van der Waals surface area contributed by atoms with Gasteiger partial charge in [-0.1, -0.05) is 18.7 Å². The lowest BCUT2D eigenvalue weighted by atomic mass is 9.72. The largest absolute Gasteiger partial charge is 0.326 e. The molecule has 1 saturated carbocycles. The molecule has 0 spiro atoms. The van der Waals surface area contributed by atoms with Crippen molar-refractivity contribution in [2.75, 3.05) is 0 Å². The molecule has 0 aromatic carbocycles. The van der Waals surface area contributed by atoms with Gasteiger partial charge in [0.2, 0.25) is 0 Å². The molecule has 2 heterocycles. The molecule has 0 amide bonds. The van der Waals surface area contributed by atoms with Gasteiger partial charge in [0.25, 0.3) is 0 Å².